The van der Waals surface area contributed by atoms with Gasteiger partial charge in [0.25, 0.3) is 0 Å². The van der Waals surface area contributed by atoms with Crippen molar-refractivity contribution in [1.29, 1.82) is 0 Å². The summed E-state index contributed by atoms with van der Waals surface area (Å²) in [7, 11) is 0. The van der Waals surface area contributed by atoms with Gasteiger partial charge in [-0.3, -0.25) is 4.79 Å². The summed E-state index contributed by atoms with van der Waals surface area (Å²) < 4.78 is 0. The van der Waals surface area contributed by atoms with Crippen molar-refractivity contribution in [3.05, 3.63) is 0 Å². The van der Waals surface area contributed by atoms with Crippen molar-refractivity contribution < 1.29 is 4.79 Å². The van der Waals surface area contributed by atoms with Gasteiger partial charge in [0.05, 0.1) is 0 Å². The molecule has 0 aromatic rings. The van der Waals surface area contributed by atoms with Gasteiger partial charge in [-0.15, -0.1) is 0 Å². The van der Waals surface area contributed by atoms with Crippen molar-refractivity contribution in [2.24, 2.45) is 16.7 Å². The van der Waals surface area contributed by atoms with E-state index in [2.05, 4.69) is 36.7 Å². The molecular weight excluding hydrogens is 216 g/mol. The molecule has 2 heteroatoms. The molecule has 2 saturated carbocycles. The summed E-state index contributed by atoms with van der Waals surface area (Å²) in [5.41, 5.74) is 0.157. The van der Waals surface area contributed by atoms with Gasteiger partial charge in [0, 0.05) is 16.7 Å². The molecule has 12 heavy (non-hydrogen) atoms. The number of ketones is 1. The molecule has 0 heterocycles. The molecule has 2 rings (SSSR count). The number of alkyl halides is 1. The number of hydrogen-bond acceptors (Lipinski definition) is 1. The molecule has 0 aromatic carbocycles. The number of carbonyl (C=O) groups excluding carboxylic acids is 1. The monoisotopic (exact) mass is 230 g/mol. The van der Waals surface area contributed by atoms with Gasteiger partial charge in [-0.25, -0.2) is 0 Å². The molecule has 3 atom stereocenters. The maximum Gasteiger partial charge on any atom is 0.139 e. The van der Waals surface area contributed by atoms with Gasteiger partial charge < -0.3 is 0 Å². The van der Waals surface area contributed by atoms with E-state index in [1.807, 2.05) is 0 Å². The Hall–Kier alpha value is 0.150. The topological polar surface area (TPSA) is 17.1 Å². The Bertz CT molecular complexity index is 246. The van der Waals surface area contributed by atoms with Crippen molar-refractivity contribution in [3.63, 3.8) is 0 Å². The maximum atomic E-state index is 11.7. The Morgan fingerprint density at radius 1 is 1.42 bits per heavy atom. The predicted molar refractivity (Wildman–Crippen MR) is 52.3 cm³/mol. The third kappa shape index (κ3) is 0.729. The number of carbonyl (C=O) groups is 1. The van der Waals surface area contributed by atoms with Crippen LogP contribution in [0.25, 0.3) is 0 Å². The molecule has 0 amide bonds. The highest BCUT2D eigenvalue weighted by Gasteiger charge is 2.64. The zero-order valence-corrected chi connectivity index (χ0v) is 9.44. The molecular formula is C10H15BrO. The molecule has 0 N–H and O–H groups in total. The summed E-state index contributed by atoms with van der Waals surface area (Å²) in [6, 6.07) is 0. The van der Waals surface area contributed by atoms with Crippen LogP contribution in [0.3, 0.4) is 0 Å². The molecule has 2 aliphatic carbocycles. The first-order valence-corrected chi connectivity index (χ1v) is 5.48. The number of hydrogen-bond donors (Lipinski definition) is 0. The second-order valence-electron chi connectivity index (χ2n) is 5.01. The highest BCUT2D eigenvalue weighted by atomic mass is 79.9. The molecule has 0 radical (unpaired) electrons. The summed E-state index contributed by atoms with van der Waals surface area (Å²) in [5.74, 6) is 1.04. The molecule has 68 valence electrons. The van der Waals surface area contributed by atoms with Crippen LogP contribution in [0.2, 0.25) is 0 Å². The van der Waals surface area contributed by atoms with E-state index in [9.17, 15) is 4.79 Å². The quantitative estimate of drug-likeness (QED) is 0.586. The van der Waals surface area contributed by atoms with Gasteiger partial charge in [-0.05, 0) is 17.8 Å². The Labute approximate surface area is 82.0 Å². The zero-order valence-electron chi connectivity index (χ0n) is 7.86. The summed E-state index contributed by atoms with van der Waals surface area (Å²) >= 11 is 3.68. The van der Waals surface area contributed by atoms with Crippen molar-refractivity contribution in [2.75, 3.05) is 0 Å². The van der Waals surface area contributed by atoms with Crippen LogP contribution in [-0.4, -0.2) is 10.6 Å². The Morgan fingerprint density at radius 3 is 2.25 bits per heavy atom. The number of Topliss-reactive ketones (excluding diaryl/α,β-unsaturated/α-hetero) is 1. The van der Waals surface area contributed by atoms with Crippen molar-refractivity contribution in [3.8, 4) is 0 Å². The van der Waals surface area contributed by atoms with Gasteiger partial charge in [-0.1, -0.05) is 36.7 Å². The van der Waals surface area contributed by atoms with E-state index in [1.54, 1.807) is 0 Å². The third-order valence-corrected chi connectivity index (χ3v) is 5.37. The highest BCUT2D eigenvalue weighted by molar-refractivity contribution is 9.09. The Kier molecular flexibility index (Phi) is 1.56. The van der Waals surface area contributed by atoms with E-state index in [0.717, 1.165) is 12.8 Å². The second-order valence-corrected chi connectivity index (χ2v) is 6.18. The minimum Gasteiger partial charge on any atom is -0.299 e. The van der Waals surface area contributed by atoms with E-state index in [1.165, 1.54) is 0 Å². The van der Waals surface area contributed by atoms with Crippen molar-refractivity contribution in [2.45, 2.75) is 38.4 Å². The summed E-state index contributed by atoms with van der Waals surface area (Å²) in [6.45, 7) is 6.62. The molecule has 0 unspecified atom stereocenters. The minimum absolute atomic E-state index is 0.0498. The number of halogens is 1. The van der Waals surface area contributed by atoms with Crippen LogP contribution in [0.15, 0.2) is 0 Å². The SMILES string of the molecule is CC1(C)[C@@H]2CC(=O)[C@@]1(C)C[C@H]2Br. The third-order valence-electron chi connectivity index (χ3n) is 4.41. The average Bonchev–Trinajstić information content (AvgIpc) is 2.18. The van der Waals surface area contributed by atoms with E-state index < -0.39 is 0 Å². The number of fused-ring (bicyclic) bond motifs is 2. The molecule has 0 aliphatic heterocycles. The molecule has 2 aliphatic rings. The fourth-order valence-electron chi connectivity index (χ4n) is 2.94. The van der Waals surface area contributed by atoms with Crippen LogP contribution < -0.4 is 0 Å². The molecule has 1 nitrogen and oxygen atoms in total. The summed E-state index contributed by atoms with van der Waals surface area (Å²) in [4.78, 5) is 12.3. The van der Waals surface area contributed by atoms with Gasteiger partial charge in [-0.2, -0.15) is 0 Å². The second kappa shape index (κ2) is 2.14. The first kappa shape index (κ1) is 8.74. The maximum absolute atomic E-state index is 11.7. The van der Waals surface area contributed by atoms with Crippen LogP contribution in [0.1, 0.15) is 33.6 Å². The smallest absolute Gasteiger partial charge is 0.139 e. The lowest BCUT2D eigenvalue weighted by Crippen LogP contribution is -2.32. The van der Waals surface area contributed by atoms with Gasteiger partial charge >= 0.3 is 0 Å². The highest BCUT2D eigenvalue weighted by Crippen LogP contribution is 2.65. The summed E-state index contributed by atoms with van der Waals surface area (Å²) in [5, 5.41) is 0. The number of rotatable bonds is 0. The molecule has 0 spiro atoms. The molecule has 0 aromatic heterocycles. The van der Waals surface area contributed by atoms with Crippen molar-refractivity contribution >= 4 is 21.7 Å². The zero-order chi connectivity index (χ0) is 9.15. The first-order chi connectivity index (χ1) is 5.39. The van der Waals surface area contributed by atoms with E-state index in [-0.39, 0.29) is 10.8 Å². The Morgan fingerprint density at radius 2 is 2.00 bits per heavy atom. The van der Waals surface area contributed by atoms with Gasteiger partial charge in [0.2, 0.25) is 0 Å². The largest absolute Gasteiger partial charge is 0.299 e. The van der Waals surface area contributed by atoms with E-state index in [0.29, 0.717) is 16.5 Å². The Balaban J connectivity index is 2.47. The van der Waals surface area contributed by atoms with Crippen molar-refractivity contribution in [1.82, 2.24) is 0 Å². The van der Waals surface area contributed by atoms with Crippen LogP contribution in [0, 0.1) is 16.7 Å². The minimum atomic E-state index is -0.0498. The lowest BCUT2D eigenvalue weighted by atomic mass is 9.70. The summed E-state index contributed by atoms with van der Waals surface area (Å²) in [6.07, 6.45) is 1.82. The van der Waals surface area contributed by atoms with Crippen LogP contribution in [0.4, 0.5) is 0 Å². The lowest BCUT2D eigenvalue weighted by molar-refractivity contribution is -0.128. The molecule has 2 bridgehead atoms. The fraction of sp³-hybridized carbons (Fsp3) is 0.900. The first-order valence-electron chi connectivity index (χ1n) is 4.57. The van der Waals surface area contributed by atoms with Crippen LogP contribution in [-0.2, 0) is 4.79 Å². The predicted octanol–water partition coefficient (Wildman–Crippen LogP) is 2.78. The van der Waals surface area contributed by atoms with Gasteiger partial charge in [0.15, 0.2) is 0 Å². The van der Waals surface area contributed by atoms with E-state index in [4.69, 9.17) is 0 Å². The van der Waals surface area contributed by atoms with Gasteiger partial charge in [0.1, 0.15) is 5.78 Å². The van der Waals surface area contributed by atoms with E-state index >= 15 is 0 Å². The molecule has 2 fully saturated rings. The fourth-order valence-corrected chi connectivity index (χ4v) is 4.43. The lowest BCUT2D eigenvalue weighted by Gasteiger charge is -2.32. The van der Waals surface area contributed by atoms with Crippen LogP contribution in [0.5, 0.6) is 0 Å². The molecule has 0 saturated heterocycles. The standard InChI is InChI=1S/C10H15BrO/c1-9(2)6-4-8(12)10(9,3)5-7(6)11/h6-7H,4-5H2,1-3H3/t6-,7-,10-/m1/s1. The normalized spacial score (nSPS) is 50.2. The van der Waals surface area contributed by atoms with Crippen LogP contribution >= 0.6 is 15.9 Å². The average molecular weight is 231 g/mol.